The summed E-state index contributed by atoms with van der Waals surface area (Å²) in [4.78, 5) is 9.52. The first kappa shape index (κ1) is 23.6. The fraction of sp³-hybridized carbons (Fsp3) is 0.667. The minimum Gasteiger partial charge on any atom is -0.378 e. The molecular formula is C21H36N4O3S. The number of nitrogens with zero attached hydrogens (tertiary/aromatic N) is 3. The van der Waals surface area contributed by atoms with Crippen LogP contribution in [0.15, 0.2) is 35.3 Å². The van der Waals surface area contributed by atoms with Crippen molar-refractivity contribution in [3.63, 3.8) is 0 Å². The van der Waals surface area contributed by atoms with Crippen LogP contribution >= 0.6 is 0 Å². The van der Waals surface area contributed by atoms with Gasteiger partial charge < -0.3 is 15.0 Å². The van der Waals surface area contributed by atoms with Crippen LogP contribution in [0.4, 0.5) is 0 Å². The molecule has 0 aromatic heterocycles. The minimum atomic E-state index is -2.97. The van der Waals surface area contributed by atoms with E-state index >= 15 is 0 Å². The molecule has 1 unspecified atom stereocenters. The maximum Gasteiger partial charge on any atom is 0.194 e. The highest BCUT2D eigenvalue weighted by Crippen LogP contribution is 2.25. The van der Waals surface area contributed by atoms with Crippen LogP contribution in [-0.4, -0.2) is 88.7 Å². The molecule has 1 aliphatic heterocycles. The predicted molar refractivity (Wildman–Crippen MR) is 119 cm³/mol. The summed E-state index contributed by atoms with van der Waals surface area (Å²) in [5, 5.41) is 3.36. The Balaban J connectivity index is 1.83. The highest BCUT2D eigenvalue weighted by atomic mass is 32.2. The molecule has 0 aliphatic carbocycles. The van der Waals surface area contributed by atoms with Gasteiger partial charge in [0.1, 0.15) is 9.84 Å². The molecule has 8 heteroatoms. The smallest absolute Gasteiger partial charge is 0.194 e. The molecule has 1 saturated heterocycles. The summed E-state index contributed by atoms with van der Waals surface area (Å²) in [5.41, 5.74) is 1.38. The Morgan fingerprint density at radius 2 is 1.83 bits per heavy atom. The minimum absolute atomic E-state index is 0.0543. The standard InChI is InChI=1S/C21H36N4O3S/c1-4-20(19-9-7-6-8-10-19)24-12-14-25(15-13-24)21(22-5-2)23-11-16-28-17-18-29(3,26)27/h6-10,20H,4-5,11-18H2,1-3H3,(H,22,23). The highest BCUT2D eigenvalue weighted by molar-refractivity contribution is 7.90. The van der Waals surface area contributed by atoms with E-state index in [0.29, 0.717) is 19.2 Å². The lowest BCUT2D eigenvalue weighted by Gasteiger charge is -2.40. The van der Waals surface area contributed by atoms with Crippen molar-refractivity contribution in [1.29, 1.82) is 0 Å². The van der Waals surface area contributed by atoms with Crippen LogP contribution in [0.25, 0.3) is 0 Å². The first-order valence-corrected chi connectivity index (χ1v) is 12.6. The lowest BCUT2D eigenvalue weighted by Crippen LogP contribution is -2.53. The summed E-state index contributed by atoms with van der Waals surface area (Å²) in [6.07, 6.45) is 2.32. The van der Waals surface area contributed by atoms with Gasteiger partial charge in [-0.1, -0.05) is 37.3 Å². The Hall–Kier alpha value is -1.64. The van der Waals surface area contributed by atoms with Gasteiger partial charge in [-0.15, -0.1) is 0 Å². The molecule has 1 aromatic rings. The Labute approximate surface area is 176 Å². The molecule has 29 heavy (non-hydrogen) atoms. The second kappa shape index (κ2) is 12.1. The Bertz CT molecular complexity index is 717. The van der Waals surface area contributed by atoms with E-state index in [0.717, 1.165) is 45.1 Å². The van der Waals surface area contributed by atoms with Gasteiger partial charge in [0.05, 0.1) is 25.5 Å². The van der Waals surface area contributed by atoms with Crippen LogP contribution in [0.1, 0.15) is 31.9 Å². The van der Waals surface area contributed by atoms with Gasteiger partial charge >= 0.3 is 0 Å². The molecule has 2 rings (SSSR count). The summed E-state index contributed by atoms with van der Waals surface area (Å²) in [6.45, 7) is 10.2. The number of aliphatic imine (C=N–C) groups is 1. The van der Waals surface area contributed by atoms with Gasteiger partial charge in [0.15, 0.2) is 5.96 Å². The van der Waals surface area contributed by atoms with E-state index in [1.807, 2.05) is 0 Å². The van der Waals surface area contributed by atoms with E-state index in [-0.39, 0.29) is 12.4 Å². The highest BCUT2D eigenvalue weighted by Gasteiger charge is 2.25. The zero-order valence-electron chi connectivity index (χ0n) is 18.0. The SMILES string of the molecule is CCNC(=NCCOCCS(C)(=O)=O)N1CCN(C(CC)c2ccccc2)CC1. The number of rotatable bonds is 10. The molecule has 0 amide bonds. The molecule has 1 aromatic carbocycles. The largest absolute Gasteiger partial charge is 0.378 e. The summed E-state index contributed by atoms with van der Waals surface area (Å²) in [7, 11) is -2.97. The van der Waals surface area contributed by atoms with Crippen molar-refractivity contribution < 1.29 is 13.2 Å². The molecule has 1 aliphatic rings. The zero-order valence-corrected chi connectivity index (χ0v) is 18.8. The summed E-state index contributed by atoms with van der Waals surface area (Å²) in [5.74, 6) is 0.963. The summed E-state index contributed by atoms with van der Waals surface area (Å²) in [6, 6.07) is 11.2. The monoisotopic (exact) mass is 424 g/mol. The van der Waals surface area contributed by atoms with Gasteiger partial charge in [-0.3, -0.25) is 9.89 Å². The average molecular weight is 425 g/mol. The molecule has 1 atom stereocenters. The van der Waals surface area contributed by atoms with Crippen molar-refractivity contribution >= 4 is 15.8 Å². The van der Waals surface area contributed by atoms with Crippen molar-refractivity contribution in [2.75, 3.05) is 64.5 Å². The molecule has 0 radical (unpaired) electrons. The molecule has 1 N–H and O–H groups in total. The summed E-state index contributed by atoms with van der Waals surface area (Å²) < 4.78 is 27.6. The van der Waals surface area contributed by atoms with Crippen LogP contribution in [0, 0.1) is 0 Å². The van der Waals surface area contributed by atoms with Crippen molar-refractivity contribution in [2.45, 2.75) is 26.3 Å². The number of benzene rings is 1. The molecule has 1 heterocycles. The first-order valence-electron chi connectivity index (χ1n) is 10.5. The van der Waals surface area contributed by atoms with Crippen molar-refractivity contribution in [1.82, 2.24) is 15.1 Å². The lowest BCUT2D eigenvalue weighted by atomic mass is 10.0. The van der Waals surface area contributed by atoms with Gasteiger partial charge in [-0.25, -0.2) is 8.42 Å². The van der Waals surface area contributed by atoms with Gasteiger partial charge in [-0.05, 0) is 18.9 Å². The average Bonchev–Trinajstić information content (AvgIpc) is 2.71. The van der Waals surface area contributed by atoms with Gasteiger partial charge in [0.25, 0.3) is 0 Å². The third kappa shape index (κ3) is 8.32. The Morgan fingerprint density at radius 1 is 1.14 bits per heavy atom. The Morgan fingerprint density at radius 3 is 2.41 bits per heavy atom. The number of hydrogen-bond donors (Lipinski definition) is 1. The normalized spacial score (nSPS) is 17.3. The molecular weight excluding hydrogens is 388 g/mol. The molecule has 0 saturated carbocycles. The van der Waals surface area contributed by atoms with Crippen molar-refractivity contribution in [3.05, 3.63) is 35.9 Å². The molecule has 7 nitrogen and oxygen atoms in total. The van der Waals surface area contributed by atoms with E-state index < -0.39 is 9.84 Å². The number of nitrogens with one attached hydrogen (secondary N) is 1. The van der Waals surface area contributed by atoms with Crippen LogP contribution < -0.4 is 5.32 Å². The van der Waals surface area contributed by atoms with Crippen LogP contribution in [0.3, 0.4) is 0 Å². The predicted octanol–water partition coefficient (Wildman–Crippen LogP) is 1.78. The van der Waals surface area contributed by atoms with Crippen LogP contribution in [0.5, 0.6) is 0 Å². The number of sulfone groups is 1. The topological polar surface area (TPSA) is 74.2 Å². The van der Waals surface area contributed by atoms with E-state index in [1.165, 1.54) is 11.8 Å². The fourth-order valence-electron chi connectivity index (χ4n) is 3.58. The number of guanidine groups is 1. The fourth-order valence-corrected chi connectivity index (χ4v) is 4.00. The lowest BCUT2D eigenvalue weighted by molar-refractivity contribution is 0.126. The Kier molecular flexibility index (Phi) is 9.90. The van der Waals surface area contributed by atoms with Gasteiger partial charge in [0, 0.05) is 45.0 Å². The third-order valence-corrected chi connectivity index (χ3v) is 5.96. The third-order valence-electron chi connectivity index (χ3n) is 5.06. The van der Waals surface area contributed by atoms with E-state index in [2.05, 4.69) is 64.3 Å². The maximum atomic E-state index is 11.1. The second-order valence-corrected chi connectivity index (χ2v) is 9.60. The quantitative estimate of drug-likeness (QED) is 0.351. The van der Waals surface area contributed by atoms with Crippen molar-refractivity contribution in [2.24, 2.45) is 4.99 Å². The van der Waals surface area contributed by atoms with E-state index in [4.69, 9.17) is 4.74 Å². The van der Waals surface area contributed by atoms with Crippen LogP contribution in [0.2, 0.25) is 0 Å². The number of piperazine rings is 1. The van der Waals surface area contributed by atoms with E-state index in [1.54, 1.807) is 0 Å². The molecule has 1 fully saturated rings. The first-order chi connectivity index (χ1) is 13.9. The van der Waals surface area contributed by atoms with Gasteiger partial charge in [0.2, 0.25) is 0 Å². The second-order valence-electron chi connectivity index (χ2n) is 7.34. The van der Waals surface area contributed by atoms with Crippen LogP contribution in [-0.2, 0) is 14.6 Å². The van der Waals surface area contributed by atoms with Crippen molar-refractivity contribution in [3.8, 4) is 0 Å². The molecule has 0 spiro atoms. The number of hydrogen-bond acceptors (Lipinski definition) is 5. The van der Waals surface area contributed by atoms with E-state index in [9.17, 15) is 8.42 Å². The molecule has 0 bridgehead atoms. The van der Waals surface area contributed by atoms with Gasteiger partial charge in [-0.2, -0.15) is 0 Å². The molecule has 164 valence electrons. The zero-order chi connectivity index (χ0) is 21.1. The maximum absolute atomic E-state index is 11.1. The number of ether oxygens (including phenoxy) is 1. The summed E-state index contributed by atoms with van der Waals surface area (Å²) >= 11 is 0.